The number of carbonyl (C=O) groups is 1. The van der Waals surface area contributed by atoms with E-state index >= 15 is 0 Å². The van der Waals surface area contributed by atoms with E-state index < -0.39 is 0 Å². The molecule has 0 spiro atoms. The van der Waals surface area contributed by atoms with E-state index in [0.29, 0.717) is 17.4 Å². The maximum atomic E-state index is 12.5. The van der Waals surface area contributed by atoms with Crippen LogP contribution in [0, 0.1) is 0 Å². The van der Waals surface area contributed by atoms with Crippen molar-refractivity contribution in [3.05, 3.63) is 23.8 Å². The lowest BCUT2D eigenvalue weighted by Gasteiger charge is -2.35. The van der Waals surface area contributed by atoms with Crippen molar-refractivity contribution in [2.24, 2.45) is 0 Å². The quantitative estimate of drug-likeness (QED) is 0.912. The first-order chi connectivity index (χ1) is 9.17. The summed E-state index contributed by atoms with van der Waals surface area (Å²) in [6.45, 7) is 2.92. The number of aromatic hydroxyl groups is 1. The summed E-state index contributed by atoms with van der Waals surface area (Å²) in [5.74, 6) is 0.408. The third kappa shape index (κ3) is 2.83. The first-order valence-corrected chi connectivity index (χ1v) is 6.85. The number of ether oxygens (including phenoxy) is 1. The molecule has 1 aliphatic heterocycles. The average molecular weight is 263 g/mol. The number of nitrogens with zero attached hydrogens (tertiary/aromatic N) is 1. The zero-order chi connectivity index (χ0) is 13.8. The zero-order valence-electron chi connectivity index (χ0n) is 11.6. The van der Waals surface area contributed by atoms with Gasteiger partial charge in [-0.3, -0.25) is 4.79 Å². The van der Waals surface area contributed by atoms with Crippen molar-refractivity contribution in [1.29, 1.82) is 0 Å². The van der Waals surface area contributed by atoms with Gasteiger partial charge in [0, 0.05) is 18.2 Å². The number of likely N-dealkylation sites (tertiary alicyclic amines) is 1. The SMILES string of the molecule is CCC1CCCCN1C(=O)c1ccc(OC)c(O)c1. The second-order valence-corrected chi connectivity index (χ2v) is 4.94. The lowest BCUT2D eigenvalue weighted by Crippen LogP contribution is -2.43. The van der Waals surface area contributed by atoms with E-state index in [2.05, 4.69) is 6.92 Å². The van der Waals surface area contributed by atoms with Gasteiger partial charge in [0.2, 0.25) is 0 Å². The molecule has 2 rings (SSSR count). The van der Waals surface area contributed by atoms with Gasteiger partial charge in [-0.25, -0.2) is 0 Å². The number of rotatable bonds is 3. The molecule has 0 radical (unpaired) electrons. The summed E-state index contributed by atoms with van der Waals surface area (Å²) in [5, 5.41) is 9.77. The first-order valence-electron chi connectivity index (χ1n) is 6.85. The van der Waals surface area contributed by atoms with E-state index in [1.807, 2.05) is 4.90 Å². The van der Waals surface area contributed by atoms with Crippen LogP contribution in [0.25, 0.3) is 0 Å². The van der Waals surface area contributed by atoms with Crippen LogP contribution in [-0.2, 0) is 0 Å². The maximum absolute atomic E-state index is 12.5. The lowest BCUT2D eigenvalue weighted by molar-refractivity contribution is 0.0607. The van der Waals surface area contributed by atoms with E-state index in [9.17, 15) is 9.90 Å². The van der Waals surface area contributed by atoms with Gasteiger partial charge in [0.15, 0.2) is 11.5 Å². The largest absolute Gasteiger partial charge is 0.504 e. The molecule has 1 heterocycles. The second-order valence-electron chi connectivity index (χ2n) is 4.94. The van der Waals surface area contributed by atoms with Gasteiger partial charge in [-0.15, -0.1) is 0 Å². The summed E-state index contributed by atoms with van der Waals surface area (Å²) in [4.78, 5) is 14.4. The van der Waals surface area contributed by atoms with Crippen LogP contribution in [0.15, 0.2) is 18.2 Å². The van der Waals surface area contributed by atoms with Crippen LogP contribution in [-0.4, -0.2) is 35.6 Å². The molecule has 4 nitrogen and oxygen atoms in total. The number of phenolic OH excluding ortho intramolecular Hbond substituents is 1. The molecule has 0 aromatic heterocycles. The number of phenols is 1. The number of amides is 1. The van der Waals surface area contributed by atoms with Crippen molar-refractivity contribution in [3.63, 3.8) is 0 Å². The monoisotopic (exact) mass is 263 g/mol. The van der Waals surface area contributed by atoms with Gasteiger partial charge >= 0.3 is 0 Å². The fraction of sp³-hybridized carbons (Fsp3) is 0.533. The van der Waals surface area contributed by atoms with Crippen LogP contribution in [0.2, 0.25) is 0 Å². The van der Waals surface area contributed by atoms with Gasteiger partial charge in [-0.1, -0.05) is 6.92 Å². The number of methoxy groups -OCH3 is 1. The van der Waals surface area contributed by atoms with Gasteiger partial charge in [-0.2, -0.15) is 0 Å². The van der Waals surface area contributed by atoms with Gasteiger partial charge < -0.3 is 14.7 Å². The molecule has 19 heavy (non-hydrogen) atoms. The molecular weight excluding hydrogens is 242 g/mol. The van der Waals surface area contributed by atoms with Crippen molar-refractivity contribution in [3.8, 4) is 11.5 Å². The summed E-state index contributed by atoms with van der Waals surface area (Å²) in [6.07, 6.45) is 4.30. The van der Waals surface area contributed by atoms with E-state index in [4.69, 9.17) is 4.74 Å². The minimum atomic E-state index is 0.00417. The van der Waals surface area contributed by atoms with Gasteiger partial charge in [0.05, 0.1) is 7.11 Å². The fourth-order valence-electron chi connectivity index (χ4n) is 2.68. The van der Waals surface area contributed by atoms with Crippen molar-refractivity contribution >= 4 is 5.91 Å². The molecule has 1 aliphatic rings. The van der Waals surface area contributed by atoms with Gasteiger partial charge in [-0.05, 0) is 43.9 Å². The van der Waals surface area contributed by atoms with Crippen molar-refractivity contribution in [1.82, 2.24) is 4.90 Å². The van der Waals surface area contributed by atoms with Crippen molar-refractivity contribution in [2.45, 2.75) is 38.6 Å². The molecule has 0 saturated carbocycles. The summed E-state index contributed by atoms with van der Waals surface area (Å²) >= 11 is 0. The fourth-order valence-corrected chi connectivity index (χ4v) is 2.68. The highest BCUT2D eigenvalue weighted by Crippen LogP contribution is 2.28. The topological polar surface area (TPSA) is 49.8 Å². The van der Waals surface area contributed by atoms with Crippen LogP contribution >= 0.6 is 0 Å². The summed E-state index contributed by atoms with van der Waals surface area (Å²) in [6, 6.07) is 5.16. The minimum absolute atomic E-state index is 0.00417. The molecule has 1 atom stereocenters. The molecule has 1 aromatic rings. The Morgan fingerprint density at radius 3 is 2.89 bits per heavy atom. The molecule has 1 amide bonds. The summed E-state index contributed by atoms with van der Waals surface area (Å²) in [5.41, 5.74) is 0.527. The Morgan fingerprint density at radius 2 is 2.26 bits per heavy atom. The highest BCUT2D eigenvalue weighted by molar-refractivity contribution is 5.95. The number of benzene rings is 1. The Morgan fingerprint density at radius 1 is 1.47 bits per heavy atom. The van der Waals surface area contributed by atoms with E-state index in [0.717, 1.165) is 25.8 Å². The third-order valence-electron chi connectivity index (χ3n) is 3.79. The Kier molecular flexibility index (Phi) is 4.30. The normalized spacial score (nSPS) is 19.3. The van der Waals surface area contributed by atoms with E-state index in [1.165, 1.54) is 19.6 Å². The van der Waals surface area contributed by atoms with Gasteiger partial charge in [0.25, 0.3) is 5.91 Å². The molecule has 0 bridgehead atoms. The molecule has 1 aromatic carbocycles. The van der Waals surface area contributed by atoms with E-state index in [1.54, 1.807) is 12.1 Å². The minimum Gasteiger partial charge on any atom is -0.504 e. The zero-order valence-corrected chi connectivity index (χ0v) is 11.6. The van der Waals surface area contributed by atoms with Crippen LogP contribution in [0.3, 0.4) is 0 Å². The van der Waals surface area contributed by atoms with E-state index in [-0.39, 0.29) is 11.7 Å². The third-order valence-corrected chi connectivity index (χ3v) is 3.79. The predicted molar refractivity (Wildman–Crippen MR) is 73.6 cm³/mol. The smallest absolute Gasteiger partial charge is 0.254 e. The van der Waals surface area contributed by atoms with Crippen LogP contribution in [0.5, 0.6) is 11.5 Å². The average Bonchev–Trinajstić information content (AvgIpc) is 2.46. The van der Waals surface area contributed by atoms with Crippen LogP contribution in [0.4, 0.5) is 0 Å². The number of piperidine rings is 1. The molecule has 1 saturated heterocycles. The molecule has 1 fully saturated rings. The summed E-state index contributed by atoms with van der Waals surface area (Å²) < 4.78 is 4.99. The Hall–Kier alpha value is -1.71. The van der Waals surface area contributed by atoms with Crippen LogP contribution < -0.4 is 4.74 Å². The molecular formula is C15H21NO3. The number of carbonyl (C=O) groups excluding carboxylic acids is 1. The number of hydrogen-bond acceptors (Lipinski definition) is 3. The second kappa shape index (κ2) is 5.95. The molecule has 0 aliphatic carbocycles. The molecule has 4 heteroatoms. The first kappa shape index (κ1) is 13.7. The highest BCUT2D eigenvalue weighted by Gasteiger charge is 2.26. The maximum Gasteiger partial charge on any atom is 0.254 e. The van der Waals surface area contributed by atoms with Crippen molar-refractivity contribution in [2.75, 3.05) is 13.7 Å². The molecule has 1 unspecified atom stereocenters. The molecule has 104 valence electrons. The highest BCUT2D eigenvalue weighted by atomic mass is 16.5. The standard InChI is InChI=1S/C15H21NO3/c1-3-12-6-4-5-9-16(12)15(18)11-7-8-14(19-2)13(17)10-11/h7-8,10,12,17H,3-6,9H2,1-2H3. The predicted octanol–water partition coefficient (Wildman–Crippen LogP) is 2.81. The van der Waals surface area contributed by atoms with Gasteiger partial charge in [0.1, 0.15) is 0 Å². The summed E-state index contributed by atoms with van der Waals surface area (Å²) in [7, 11) is 1.49. The van der Waals surface area contributed by atoms with Crippen LogP contribution in [0.1, 0.15) is 43.0 Å². The number of hydrogen-bond donors (Lipinski definition) is 1. The Balaban J connectivity index is 2.20. The Bertz CT molecular complexity index is 459. The molecule has 1 N–H and O–H groups in total. The lowest BCUT2D eigenvalue weighted by atomic mass is 9.99. The Labute approximate surface area is 114 Å². The van der Waals surface area contributed by atoms with Crippen molar-refractivity contribution < 1.29 is 14.6 Å².